The SMILES string of the molecule is CN(C(=O)Oc1ccc(F)cc1)[C@]1(C(=O)C2CCNC(c3cccc(C#N)n3)C2)CNC[C@H]1c1ccc(Cl)cc1. The Labute approximate surface area is 237 Å². The first-order valence-corrected chi connectivity index (χ1v) is 13.5. The Balaban J connectivity index is 1.48. The molecule has 1 aromatic heterocycles. The fourth-order valence-corrected chi connectivity index (χ4v) is 5.97. The molecule has 4 atom stereocenters. The van der Waals surface area contributed by atoms with Gasteiger partial charge in [0.15, 0.2) is 5.78 Å². The Morgan fingerprint density at radius 1 is 1.15 bits per heavy atom. The van der Waals surface area contributed by atoms with Gasteiger partial charge in [-0.3, -0.25) is 9.69 Å². The van der Waals surface area contributed by atoms with Crippen LogP contribution < -0.4 is 15.4 Å². The van der Waals surface area contributed by atoms with Crippen molar-refractivity contribution in [1.82, 2.24) is 20.5 Å². The Morgan fingerprint density at radius 2 is 1.90 bits per heavy atom. The van der Waals surface area contributed by atoms with Crippen LogP contribution in [0.2, 0.25) is 5.02 Å². The van der Waals surface area contributed by atoms with Crippen LogP contribution in [0.1, 0.15) is 41.8 Å². The fraction of sp³-hybridized carbons (Fsp3) is 0.333. The zero-order valence-corrected chi connectivity index (χ0v) is 22.7. The molecule has 2 fully saturated rings. The third-order valence-corrected chi connectivity index (χ3v) is 8.18. The van der Waals surface area contributed by atoms with Crippen molar-refractivity contribution in [2.24, 2.45) is 5.92 Å². The van der Waals surface area contributed by atoms with E-state index in [4.69, 9.17) is 16.3 Å². The van der Waals surface area contributed by atoms with E-state index in [1.54, 1.807) is 31.3 Å². The van der Waals surface area contributed by atoms with Gasteiger partial charge in [-0.1, -0.05) is 29.8 Å². The number of pyridine rings is 1. The minimum atomic E-state index is -1.25. The quantitative estimate of drug-likeness (QED) is 0.452. The zero-order valence-electron chi connectivity index (χ0n) is 21.9. The van der Waals surface area contributed by atoms with Gasteiger partial charge in [-0.05, 0) is 73.5 Å². The Bertz CT molecular complexity index is 1430. The van der Waals surface area contributed by atoms with Gasteiger partial charge in [0.05, 0.1) is 11.7 Å². The van der Waals surface area contributed by atoms with Crippen molar-refractivity contribution in [3.05, 3.63) is 94.5 Å². The number of halogens is 2. The summed E-state index contributed by atoms with van der Waals surface area (Å²) in [5.74, 6) is -1.08. The number of likely N-dealkylation sites (N-methyl/N-ethyl adjacent to an activating group) is 1. The molecule has 5 rings (SSSR count). The van der Waals surface area contributed by atoms with E-state index in [9.17, 15) is 19.2 Å². The van der Waals surface area contributed by atoms with Gasteiger partial charge in [-0.2, -0.15) is 5.26 Å². The topological polar surface area (TPSA) is 107 Å². The molecule has 2 N–H and O–H groups in total. The van der Waals surface area contributed by atoms with Crippen LogP contribution in [0.25, 0.3) is 0 Å². The number of carbonyl (C=O) groups excluding carboxylic acids is 2. The van der Waals surface area contributed by atoms with E-state index in [-0.39, 0.29) is 36.0 Å². The number of nitrogens with zero attached hydrogens (tertiary/aromatic N) is 3. The molecule has 0 saturated carbocycles. The van der Waals surface area contributed by atoms with Crippen molar-refractivity contribution in [3.63, 3.8) is 0 Å². The van der Waals surface area contributed by atoms with Crippen LogP contribution in [0.4, 0.5) is 9.18 Å². The van der Waals surface area contributed by atoms with Crippen LogP contribution in [0.15, 0.2) is 66.7 Å². The smallest absolute Gasteiger partial charge is 0.410 e. The average Bonchev–Trinajstić information content (AvgIpc) is 3.44. The van der Waals surface area contributed by atoms with Crippen LogP contribution in [0.3, 0.4) is 0 Å². The molecule has 206 valence electrons. The average molecular weight is 562 g/mol. The molecule has 0 spiro atoms. The van der Waals surface area contributed by atoms with Crippen molar-refractivity contribution in [2.45, 2.75) is 30.3 Å². The summed E-state index contributed by atoms with van der Waals surface area (Å²) >= 11 is 6.16. The van der Waals surface area contributed by atoms with Crippen molar-refractivity contribution in [1.29, 1.82) is 5.26 Å². The van der Waals surface area contributed by atoms with Crippen LogP contribution in [0.5, 0.6) is 5.75 Å². The normalized spacial score (nSPS) is 24.2. The molecule has 40 heavy (non-hydrogen) atoms. The third-order valence-electron chi connectivity index (χ3n) is 7.93. The number of piperidine rings is 1. The summed E-state index contributed by atoms with van der Waals surface area (Å²) in [5, 5.41) is 16.6. The van der Waals surface area contributed by atoms with E-state index in [0.29, 0.717) is 42.3 Å². The Morgan fingerprint density at radius 3 is 2.62 bits per heavy atom. The van der Waals surface area contributed by atoms with Gasteiger partial charge < -0.3 is 15.4 Å². The second-order valence-corrected chi connectivity index (χ2v) is 10.6. The van der Waals surface area contributed by atoms with Crippen LogP contribution in [0, 0.1) is 23.1 Å². The number of hydrogen-bond acceptors (Lipinski definition) is 7. The highest BCUT2D eigenvalue weighted by atomic mass is 35.5. The number of ketones is 1. The molecule has 0 radical (unpaired) electrons. The second-order valence-electron chi connectivity index (χ2n) is 10.2. The van der Waals surface area contributed by atoms with Gasteiger partial charge >= 0.3 is 6.09 Å². The summed E-state index contributed by atoms with van der Waals surface area (Å²) in [6.07, 6.45) is 0.344. The third kappa shape index (κ3) is 5.43. The van der Waals surface area contributed by atoms with E-state index < -0.39 is 17.4 Å². The maximum Gasteiger partial charge on any atom is 0.415 e. The van der Waals surface area contributed by atoms with Crippen LogP contribution >= 0.6 is 11.6 Å². The van der Waals surface area contributed by atoms with Gasteiger partial charge in [0, 0.05) is 37.0 Å². The van der Waals surface area contributed by atoms with Crippen molar-refractivity contribution < 1.29 is 18.7 Å². The predicted molar refractivity (Wildman–Crippen MR) is 147 cm³/mol. The summed E-state index contributed by atoms with van der Waals surface area (Å²) in [4.78, 5) is 34.0. The molecule has 2 unspecified atom stereocenters. The standard InChI is InChI=1S/C30H29ClFN5O3/c1-37(29(39)40-24-11-9-22(32)10-12-24)30(18-34-17-25(30)19-5-7-21(31)8-6-19)28(38)20-13-14-35-27(15-20)26-4-2-3-23(16-33)36-26/h2-12,20,25,27,34-35H,13-15,17-18H2,1H3/t20?,25-,27?,30+/m0/s1. The molecule has 8 nitrogen and oxygen atoms in total. The molecule has 0 aliphatic carbocycles. The monoisotopic (exact) mass is 561 g/mol. The number of amides is 1. The van der Waals surface area contributed by atoms with Crippen molar-refractivity contribution >= 4 is 23.5 Å². The van der Waals surface area contributed by atoms with Gasteiger partial charge in [0.25, 0.3) is 0 Å². The van der Waals surface area contributed by atoms with Gasteiger partial charge in [0.2, 0.25) is 0 Å². The highest BCUT2D eigenvalue weighted by molar-refractivity contribution is 6.30. The molecule has 2 aromatic carbocycles. The molecule has 3 aromatic rings. The largest absolute Gasteiger partial charge is 0.415 e. The summed E-state index contributed by atoms with van der Waals surface area (Å²) in [5.41, 5.74) is 0.640. The Kier molecular flexibility index (Phi) is 8.12. The first-order valence-electron chi connectivity index (χ1n) is 13.1. The molecule has 2 saturated heterocycles. The number of rotatable bonds is 6. The number of aromatic nitrogens is 1. The van der Waals surface area contributed by atoms with Crippen LogP contribution in [-0.2, 0) is 4.79 Å². The summed E-state index contributed by atoms with van der Waals surface area (Å²) in [6.45, 7) is 1.30. The van der Waals surface area contributed by atoms with E-state index in [2.05, 4.69) is 21.7 Å². The lowest BCUT2D eigenvalue weighted by Gasteiger charge is -2.44. The highest BCUT2D eigenvalue weighted by Gasteiger charge is 2.56. The molecule has 3 heterocycles. The number of ether oxygens (including phenoxy) is 1. The molecular weight excluding hydrogens is 533 g/mol. The lowest BCUT2D eigenvalue weighted by molar-refractivity contribution is -0.134. The van der Waals surface area contributed by atoms with E-state index in [1.807, 2.05) is 18.2 Å². The van der Waals surface area contributed by atoms with Gasteiger partial charge in [-0.25, -0.2) is 14.2 Å². The first-order chi connectivity index (χ1) is 19.3. The Hall–Kier alpha value is -3.84. The summed E-state index contributed by atoms with van der Waals surface area (Å²) in [7, 11) is 1.58. The molecular formula is C30H29ClFN5O3. The van der Waals surface area contributed by atoms with Gasteiger partial charge in [0.1, 0.15) is 28.9 Å². The van der Waals surface area contributed by atoms with E-state index in [0.717, 1.165) is 5.56 Å². The number of Topliss-reactive ketones (excluding diaryl/α,β-unsaturated/α-hetero) is 1. The van der Waals surface area contributed by atoms with Crippen molar-refractivity contribution in [2.75, 3.05) is 26.7 Å². The number of nitriles is 1. The maximum absolute atomic E-state index is 14.7. The number of carbonyl (C=O) groups is 2. The zero-order chi connectivity index (χ0) is 28.3. The minimum Gasteiger partial charge on any atom is -0.410 e. The second kappa shape index (κ2) is 11.7. The summed E-state index contributed by atoms with van der Waals surface area (Å²) < 4.78 is 19.0. The first kappa shape index (κ1) is 27.7. The van der Waals surface area contributed by atoms with E-state index in [1.165, 1.54) is 29.2 Å². The maximum atomic E-state index is 14.7. The molecule has 1 amide bonds. The number of nitrogens with one attached hydrogen (secondary N) is 2. The van der Waals surface area contributed by atoms with E-state index >= 15 is 0 Å². The molecule has 10 heteroatoms. The lowest BCUT2D eigenvalue weighted by atomic mass is 9.71. The van der Waals surface area contributed by atoms with Crippen LogP contribution in [-0.4, -0.2) is 54.0 Å². The molecule has 2 aliphatic rings. The molecule has 2 aliphatic heterocycles. The minimum absolute atomic E-state index is 0.0704. The molecule has 0 bridgehead atoms. The van der Waals surface area contributed by atoms with Gasteiger partial charge in [-0.15, -0.1) is 0 Å². The number of benzene rings is 2. The predicted octanol–water partition coefficient (Wildman–Crippen LogP) is 4.61. The highest BCUT2D eigenvalue weighted by Crippen LogP contribution is 2.42. The summed E-state index contributed by atoms with van der Waals surface area (Å²) in [6, 6.07) is 19.6. The lowest BCUT2D eigenvalue weighted by Crippen LogP contribution is -2.62. The van der Waals surface area contributed by atoms with Crippen molar-refractivity contribution in [3.8, 4) is 11.8 Å². The fourth-order valence-electron chi connectivity index (χ4n) is 5.84. The number of hydrogen-bond donors (Lipinski definition) is 2.